The predicted molar refractivity (Wildman–Crippen MR) is 70.0 cm³/mol. The van der Waals surface area contributed by atoms with Gasteiger partial charge in [-0.1, -0.05) is 25.2 Å². The van der Waals surface area contributed by atoms with Gasteiger partial charge in [-0.3, -0.25) is 0 Å². The Hall–Kier alpha value is -0.610. The van der Waals surface area contributed by atoms with E-state index in [-0.39, 0.29) is 0 Å². The number of hydrogen-bond donors (Lipinski definition) is 1. The molecule has 0 fully saturated rings. The van der Waals surface area contributed by atoms with Crippen LogP contribution in [0.2, 0.25) is 0 Å². The molecule has 4 heteroatoms. The summed E-state index contributed by atoms with van der Waals surface area (Å²) in [4.78, 5) is 5.46. The van der Waals surface area contributed by atoms with Crippen molar-refractivity contribution < 1.29 is 4.74 Å². The van der Waals surface area contributed by atoms with Crippen LogP contribution in [-0.2, 0) is 11.3 Å². The van der Waals surface area contributed by atoms with E-state index in [1.807, 2.05) is 6.20 Å². The van der Waals surface area contributed by atoms with Crippen LogP contribution < -0.4 is 5.32 Å². The zero-order chi connectivity index (χ0) is 12.0. The van der Waals surface area contributed by atoms with Gasteiger partial charge in [0.2, 0.25) is 0 Å². The van der Waals surface area contributed by atoms with Crippen molar-refractivity contribution in [3.8, 4) is 0 Å². The fourth-order valence-electron chi connectivity index (χ4n) is 1.56. The van der Waals surface area contributed by atoms with Gasteiger partial charge in [-0.2, -0.15) is 0 Å². The van der Waals surface area contributed by atoms with Crippen LogP contribution in [0.5, 0.6) is 0 Å². The molecule has 16 heavy (non-hydrogen) atoms. The molecule has 0 saturated heterocycles. The van der Waals surface area contributed by atoms with Crippen LogP contribution in [0.3, 0.4) is 0 Å². The minimum absolute atomic E-state index is 0.324. The van der Waals surface area contributed by atoms with Crippen LogP contribution in [0, 0.1) is 5.92 Å². The van der Waals surface area contributed by atoms with E-state index in [0.29, 0.717) is 18.6 Å². The van der Waals surface area contributed by atoms with E-state index in [0.717, 1.165) is 18.1 Å². The van der Waals surface area contributed by atoms with Crippen molar-refractivity contribution in [1.29, 1.82) is 0 Å². The lowest BCUT2D eigenvalue weighted by Gasteiger charge is -2.14. The minimum Gasteiger partial charge on any atom is -0.373 e. The van der Waals surface area contributed by atoms with Crippen molar-refractivity contribution in [2.75, 3.05) is 11.9 Å². The normalized spacial score (nSPS) is 13.1. The standard InChI is InChI=1S/C12H22N2OS/c1-5-13-12-14-7-11(16-12)8-15-10(4)6-9(2)3/h7,9-10H,5-6,8H2,1-4H3,(H,13,14). The molecule has 1 N–H and O–H groups in total. The highest BCUT2D eigenvalue weighted by atomic mass is 32.1. The maximum Gasteiger partial charge on any atom is 0.182 e. The van der Waals surface area contributed by atoms with Gasteiger partial charge in [0, 0.05) is 12.7 Å². The van der Waals surface area contributed by atoms with Crippen LogP contribution in [0.4, 0.5) is 5.13 Å². The van der Waals surface area contributed by atoms with E-state index in [1.54, 1.807) is 11.3 Å². The molecule has 0 amide bonds. The molecular weight excluding hydrogens is 220 g/mol. The molecule has 1 unspecified atom stereocenters. The number of nitrogens with zero attached hydrogens (tertiary/aromatic N) is 1. The largest absolute Gasteiger partial charge is 0.373 e. The van der Waals surface area contributed by atoms with Crippen molar-refractivity contribution >= 4 is 16.5 Å². The van der Waals surface area contributed by atoms with Crippen molar-refractivity contribution in [2.45, 2.75) is 46.8 Å². The van der Waals surface area contributed by atoms with Gasteiger partial charge in [-0.15, -0.1) is 0 Å². The highest BCUT2D eigenvalue weighted by Gasteiger charge is 2.07. The Bertz CT molecular complexity index is 299. The van der Waals surface area contributed by atoms with Crippen molar-refractivity contribution in [1.82, 2.24) is 4.98 Å². The number of thiazole rings is 1. The Morgan fingerprint density at radius 2 is 2.19 bits per heavy atom. The monoisotopic (exact) mass is 242 g/mol. The molecule has 0 aliphatic heterocycles. The molecule has 0 aliphatic rings. The molecule has 1 aromatic heterocycles. The lowest BCUT2D eigenvalue weighted by atomic mass is 10.1. The summed E-state index contributed by atoms with van der Waals surface area (Å²) < 4.78 is 5.77. The highest BCUT2D eigenvalue weighted by Crippen LogP contribution is 2.19. The second-order valence-electron chi connectivity index (χ2n) is 4.41. The third kappa shape index (κ3) is 4.94. The average Bonchev–Trinajstić information content (AvgIpc) is 2.62. The summed E-state index contributed by atoms with van der Waals surface area (Å²) in [6.45, 7) is 10.2. The van der Waals surface area contributed by atoms with Gasteiger partial charge in [-0.05, 0) is 26.2 Å². The van der Waals surface area contributed by atoms with E-state index in [1.165, 1.54) is 4.88 Å². The molecule has 0 saturated carbocycles. The molecule has 92 valence electrons. The lowest BCUT2D eigenvalue weighted by molar-refractivity contribution is 0.0411. The number of anilines is 1. The number of rotatable bonds is 7. The van der Waals surface area contributed by atoms with Gasteiger partial charge >= 0.3 is 0 Å². The zero-order valence-corrected chi connectivity index (χ0v) is 11.4. The SMILES string of the molecule is CCNc1ncc(COC(C)CC(C)C)s1. The zero-order valence-electron chi connectivity index (χ0n) is 10.6. The molecule has 1 rings (SSSR count). The van der Waals surface area contributed by atoms with Gasteiger partial charge in [0.15, 0.2) is 5.13 Å². The summed E-state index contributed by atoms with van der Waals surface area (Å²) in [5, 5.41) is 4.18. The molecular formula is C12H22N2OS. The van der Waals surface area contributed by atoms with Gasteiger partial charge in [0.05, 0.1) is 17.6 Å². The van der Waals surface area contributed by atoms with Gasteiger partial charge < -0.3 is 10.1 Å². The first-order valence-corrected chi connectivity index (χ1v) is 6.73. The van der Waals surface area contributed by atoms with Crippen LogP contribution in [0.15, 0.2) is 6.20 Å². The van der Waals surface area contributed by atoms with E-state index in [4.69, 9.17) is 4.74 Å². The maximum atomic E-state index is 5.77. The molecule has 1 aromatic rings. The Kier molecular flexibility index (Phi) is 5.77. The maximum absolute atomic E-state index is 5.77. The topological polar surface area (TPSA) is 34.2 Å². The second kappa shape index (κ2) is 6.86. The van der Waals surface area contributed by atoms with E-state index in [9.17, 15) is 0 Å². The molecule has 1 heterocycles. The third-order valence-electron chi connectivity index (χ3n) is 2.20. The van der Waals surface area contributed by atoms with Crippen LogP contribution in [0.1, 0.15) is 39.0 Å². The number of ether oxygens (including phenoxy) is 1. The van der Waals surface area contributed by atoms with Gasteiger partial charge in [0.25, 0.3) is 0 Å². The Balaban J connectivity index is 2.30. The second-order valence-corrected chi connectivity index (χ2v) is 5.53. The Morgan fingerprint density at radius 3 is 2.81 bits per heavy atom. The Morgan fingerprint density at radius 1 is 1.44 bits per heavy atom. The first kappa shape index (κ1) is 13.5. The first-order chi connectivity index (χ1) is 7.61. The van der Waals surface area contributed by atoms with Crippen LogP contribution >= 0.6 is 11.3 Å². The van der Waals surface area contributed by atoms with E-state index in [2.05, 4.69) is 38.0 Å². The van der Waals surface area contributed by atoms with Crippen molar-refractivity contribution in [2.24, 2.45) is 5.92 Å². The lowest BCUT2D eigenvalue weighted by Crippen LogP contribution is -2.10. The molecule has 0 aromatic carbocycles. The minimum atomic E-state index is 0.324. The van der Waals surface area contributed by atoms with Gasteiger partial charge in [0.1, 0.15) is 0 Å². The van der Waals surface area contributed by atoms with Crippen molar-refractivity contribution in [3.05, 3.63) is 11.1 Å². The Labute approximate surface area is 102 Å². The number of aromatic nitrogens is 1. The molecule has 1 atom stereocenters. The molecule has 0 spiro atoms. The fourth-order valence-corrected chi connectivity index (χ4v) is 2.37. The number of hydrogen-bond acceptors (Lipinski definition) is 4. The third-order valence-corrected chi connectivity index (χ3v) is 3.12. The molecule has 3 nitrogen and oxygen atoms in total. The van der Waals surface area contributed by atoms with E-state index < -0.39 is 0 Å². The summed E-state index contributed by atoms with van der Waals surface area (Å²) in [5.41, 5.74) is 0. The smallest absolute Gasteiger partial charge is 0.182 e. The summed E-state index contributed by atoms with van der Waals surface area (Å²) in [6.07, 6.45) is 3.33. The quantitative estimate of drug-likeness (QED) is 0.794. The summed E-state index contributed by atoms with van der Waals surface area (Å²) in [6, 6.07) is 0. The predicted octanol–water partition coefficient (Wildman–Crippen LogP) is 3.53. The molecule has 0 aliphatic carbocycles. The fraction of sp³-hybridized carbons (Fsp3) is 0.750. The summed E-state index contributed by atoms with van der Waals surface area (Å²) in [5.74, 6) is 0.689. The van der Waals surface area contributed by atoms with Gasteiger partial charge in [-0.25, -0.2) is 4.98 Å². The van der Waals surface area contributed by atoms with E-state index >= 15 is 0 Å². The van der Waals surface area contributed by atoms with Crippen LogP contribution in [0.25, 0.3) is 0 Å². The molecule has 0 radical (unpaired) electrons. The first-order valence-electron chi connectivity index (χ1n) is 5.92. The average molecular weight is 242 g/mol. The summed E-state index contributed by atoms with van der Waals surface area (Å²) >= 11 is 1.67. The van der Waals surface area contributed by atoms with Crippen molar-refractivity contribution in [3.63, 3.8) is 0 Å². The summed E-state index contributed by atoms with van der Waals surface area (Å²) in [7, 11) is 0. The highest BCUT2D eigenvalue weighted by molar-refractivity contribution is 7.15. The van der Waals surface area contributed by atoms with Crippen LogP contribution in [-0.4, -0.2) is 17.6 Å². The molecule has 0 bridgehead atoms. The number of nitrogens with one attached hydrogen (secondary N) is 1.